The first-order chi connectivity index (χ1) is 19.9. The zero-order valence-corrected chi connectivity index (χ0v) is 21.2. The zero-order chi connectivity index (χ0) is 26.2. The van der Waals surface area contributed by atoms with Crippen LogP contribution in [0.1, 0.15) is 0 Å². The molecular formula is C35H20N4O. The summed E-state index contributed by atoms with van der Waals surface area (Å²) < 4.78 is 8.72. The Balaban J connectivity index is 1.54. The quantitative estimate of drug-likeness (QED) is 0.232. The predicted molar refractivity (Wildman–Crippen MR) is 162 cm³/mol. The molecule has 0 aliphatic carbocycles. The number of hydrogen-bond donors (Lipinski definition) is 0. The minimum Gasteiger partial charge on any atom is -0.455 e. The van der Waals surface area contributed by atoms with Crippen LogP contribution in [0, 0.1) is 0 Å². The molecule has 0 atom stereocenters. The van der Waals surface area contributed by atoms with Crippen LogP contribution in [0.5, 0.6) is 0 Å². The van der Waals surface area contributed by atoms with Gasteiger partial charge in [0.2, 0.25) is 5.95 Å². The lowest BCUT2D eigenvalue weighted by molar-refractivity contribution is 0.673. The van der Waals surface area contributed by atoms with E-state index in [9.17, 15) is 0 Å². The van der Waals surface area contributed by atoms with E-state index in [1.165, 1.54) is 0 Å². The van der Waals surface area contributed by atoms with Crippen LogP contribution in [-0.2, 0) is 0 Å². The molecule has 4 aromatic heterocycles. The van der Waals surface area contributed by atoms with Gasteiger partial charge in [0.1, 0.15) is 11.2 Å². The predicted octanol–water partition coefficient (Wildman–Crippen LogP) is 8.84. The van der Waals surface area contributed by atoms with Gasteiger partial charge in [-0.2, -0.15) is 4.98 Å². The van der Waals surface area contributed by atoms with Crippen molar-refractivity contribution in [3.05, 3.63) is 121 Å². The molecule has 9 aromatic rings. The molecule has 0 radical (unpaired) electrons. The topological polar surface area (TPSA) is 56.7 Å². The van der Waals surface area contributed by atoms with Crippen molar-refractivity contribution in [3.63, 3.8) is 0 Å². The maximum absolute atomic E-state index is 6.52. The molecule has 9 rings (SSSR count). The van der Waals surface area contributed by atoms with E-state index in [4.69, 9.17) is 14.4 Å². The number of benzene rings is 5. The van der Waals surface area contributed by atoms with Gasteiger partial charge in [-0.15, -0.1) is 0 Å². The number of fused-ring (bicyclic) bond motifs is 11. The highest BCUT2D eigenvalue weighted by atomic mass is 16.3. The first-order valence-electron chi connectivity index (χ1n) is 13.3. The monoisotopic (exact) mass is 512 g/mol. The molecule has 0 unspecified atom stereocenters. The van der Waals surface area contributed by atoms with E-state index in [1.807, 2.05) is 42.5 Å². The Morgan fingerprint density at radius 3 is 2.12 bits per heavy atom. The van der Waals surface area contributed by atoms with Crippen LogP contribution in [0.25, 0.3) is 82.8 Å². The fraction of sp³-hybridized carbons (Fsp3) is 0. The summed E-state index contributed by atoms with van der Waals surface area (Å²) in [7, 11) is 0. The highest BCUT2D eigenvalue weighted by Crippen LogP contribution is 2.45. The van der Waals surface area contributed by atoms with Crippen LogP contribution in [-0.4, -0.2) is 19.5 Å². The first-order valence-corrected chi connectivity index (χ1v) is 13.3. The number of furan rings is 1. The van der Waals surface area contributed by atoms with Crippen LogP contribution >= 0.6 is 0 Å². The number of aromatic nitrogens is 4. The number of para-hydroxylation sites is 2. The Labute approximate surface area is 228 Å². The third-order valence-electron chi connectivity index (χ3n) is 7.85. The van der Waals surface area contributed by atoms with Crippen molar-refractivity contribution in [1.29, 1.82) is 0 Å². The lowest BCUT2D eigenvalue weighted by atomic mass is 9.99. The molecule has 186 valence electrons. The Morgan fingerprint density at radius 1 is 0.550 bits per heavy atom. The van der Waals surface area contributed by atoms with Crippen molar-refractivity contribution in [2.45, 2.75) is 0 Å². The standard InChI is InChI=1S/C35H20N4O/c1-2-11-21(12-3-1)31-26-17-10-20-36-34(26)38-35(37-31)39-27-18-8-6-15-24(27)29-30-25-16-7-9-19-28(25)40-33(30)23-14-5-4-13-22(23)32(29)39/h1-20H. The van der Waals surface area contributed by atoms with E-state index >= 15 is 0 Å². The van der Waals surface area contributed by atoms with Crippen molar-refractivity contribution in [2.24, 2.45) is 0 Å². The SMILES string of the molecule is c1ccc(-c2nc(-n3c4ccccc4c4c5c6ccccc6oc5c5ccccc5c43)nc3ncccc23)cc1. The Kier molecular flexibility index (Phi) is 4.27. The molecule has 5 heteroatoms. The van der Waals surface area contributed by atoms with Gasteiger partial charge in [0, 0.05) is 49.5 Å². The second kappa shape index (κ2) is 7.98. The first kappa shape index (κ1) is 21.4. The lowest BCUT2D eigenvalue weighted by Gasteiger charge is -2.12. The second-order valence-electron chi connectivity index (χ2n) is 10.0. The zero-order valence-electron chi connectivity index (χ0n) is 21.2. The van der Waals surface area contributed by atoms with Gasteiger partial charge in [-0.05, 0) is 24.3 Å². The highest BCUT2D eigenvalue weighted by Gasteiger charge is 2.24. The molecule has 0 spiro atoms. The maximum Gasteiger partial charge on any atom is 0.237 e. The third kappa shape index (κ3) is 2.83. The van der Waals surface area contributed by atoms with Gasteiger partial charge in [-0.1, -0.05) is 91.0 Å². The summed E-state index contributed by atoms with van der Waals surface area (Å²) in [6.07, 6.45) is 1.79. The average Bonchev–Trinajstić information content (AvgIpc) is 3.58. The number of pyridine rings is 1. The summed E-state index contributed by atoms with van der Waals surface area (Å²) in [5, 5.41) is 7.56. The molecule has 0 N–H and O–H groups in total. The van der Waals surface area contributed by atoms with Gasteiger partial charge in [-0.25, -0.2) is 9.97 Å². The molecule has 0 bridgehead atoms. The van der Waals surface area contributed by atoms with E-state index in [2.05, 4.69) is 82.3 Å². The molecule has 0 aliphatic heterocycles. The highest BCUT2D eigenvalue weighted by molar-refractivity contribution is 6.35. The normalized spacial score (nSPS) is 12.0. The molecule has 0 saturated carbocycles. The summed E-state index contributed by atoms with van der Waals surface area (Å²) in [6.45, 7) is 0. The van der Waals surface area contributed by atoms with Crippen molar-refractivity contribution in [2.75, 3.05) is 0 Å². The van der Waals surface area contributed by atoms with E-state index in [1.54, 1.807) is 6.20 Å². The second-order valence-corrected chi connectivity index (χ2v) is 10.0. The van der Waals surface area contributed by atoms with E-state index in [0.29, 0.717) is 11.6 Å². The summed E-state index contributed by atoms with van der Waals surface area (Å²) >= 11 is 0. The van der Waals surface area contributed by atoms with E-state index in [-0.39, 0.29) is 0 Å². The van der Waals surface area contributed by atoms with Crippen molar-refractivity contribution in [1.82, 2.24) is 19.5 Å². The van der Waals surface area contributed by atoms with Crippen LogP contribution in [0.2, 0.25) is 0 Å². The maximum atomic E-state index is 6.52. The number of nitrogens with zero attached hydrogens (tertiary/aromatic N) is 4. The van der Waals surface area contributed by atoms with Gasteiger partial charge >= 0.3 is 0 Å². The van der Waals surface area contributed by atoms with Crippen molar-refractivity contribution >= 4 is 65.6 Å². The molecule has 0 fully saturated rings. The molecule has 5 nitrogen and oxygen atoms in total. The largest absolute Gasteiger partial charge is 0.455 e. The summed E-state index contributed by atoms with van der Waals surface area (Å²) in [5.41, 5.74) is 6.43. The van der Waals surface area contributed by atoms with Crippen LogP contribution in [0.15, 0.2) is 126 Å². The van der Waals surface area contributed by atoms with Gasteiger partial charge in [0.25, 0.3) is 0 Å². The molecule has 0 aliphatic rings. The molecule has 0 saturated heterocycles. The van der Waals surface area contributed by atoms with Crippen LogP contribution in [0.4, 0.5) is 0 Å². The Bertz CT molecular complexity index is 2440. The van der Waals surface area contributed by atoms with Crippen LogP contribution < -0.4 is 0 Å². The molecule has 4 heterocycles. The molecule has 0 amide bonds. The fourth-order valence-electron chi connectivity index (χ4n) is 6.19. The van der Waals surface area contributed by atoms with Crippen LogP contribution in [0.3, 0.4) is 0 Å². The number of hydrogen-bond acceptors (Lipinski definition) is 4. The third-order valence-corrected chi connectivity index (χ3v) is 7.85. The Hall–Kier alpha value is -5.55. The lowest BCUT2D eigenvalue weighted by Crippen LogP contribution is -2.04. The summed E-state index contributed by atoms with van der Waals surface area (Å²) in [4.78, 5) is 15.0. The number of rotatable bonds is 2. The molecule has 40 heavy (non-hydrogen) atoms. The van der Waals surface area contributed by atoms with Crippen molar-refractivity contribution in [3.8, 4) is 17.2 Å². The summed E-state index contributed by atoms with van der Waals surface area (Å²) in [5.74, 6) is 0.591. The summed E-state index contributed by atoms with van der Waals surface area (Å²) in [6, 6.07) is 39.5. The fourth-order valence-corrected chi connectivity index (χ4v) is 6.19. The average molecular weight is 513 g/mol. The van der Waals surface area contributed by atoms with Crippen molar-refractivity contribution < 1.29 is 4.42 Å². The van der Waals surface area contributed by atoms with E-state index in [0.717, 1.165) is 71.2 Å². The van der Waals surface area contributed by atoms with Gasteiger partial charge in [-0.3, -0.25) is 4.57 Å². The van der Waals surface area contributed by atoms with Gasteiger partial charge in [0.15, 0.2) is 5.65 Å². The molecular weight excluding hydrogens is 492 g/mol. The molecule has 5 aromatic carbocycles. The minimum absolute atomic E-state index is 0.591. The van der Waals surface area contributed by atoms with E-state index < -0.39 is 0 Å². The van der Waals surface area contributed by atoms with Gasteiger partial charge in [0.05, 0.1) is 16.7 Å². The Morgan fingerprint density at radius 2 is 1.25 bits per heavy atom. The van der Waals surface area contributed by atoms with Gasteiger partial charge < -0.3 is 4.42 Å². The smallest absolute Gasteiger partial charge is 0.237 e. The minimum atomic E-state index is 0.591.